The molecule has 25 heavy (non-hydrogen) atoms. The number of alkyl halides is 9. The van der Waals surface area contributed by atoms with Gasteiger partial charge >= 0.3 is 46.0 Å². The predicted octanol–water partition coefficient (Wildman–Crippen LogP) is 1.97. The Hall–Kier alpha value is -0.110. The van der Waals surface area contributed by atoms with Crippen LogP contribution in [0, 0.1) is 5.21 Å². The average Bonchev–Trinajstić information content (AvgIpc) is 2.40. The fourth-order valence-corrected chi connectivity index (χ4v) is 2.44. The summed E-state index contributed by atoms with van der Waals surface area (Å²) in [7, 11) is 0. The molecule has 0 radical (unpaired) electrons. The van der Waals surface area contributed by atoms with Gasteiger partial charge in [0.15, 0.2) is 0 Å². The second-order valence-corrected chi connectivity index (χ2v) is 6.75. The third-order valence-electron chi connectivity index (χ3n) is 2.31. The van der Waals surface area contributed by atoms with Gasteiger partial charge in [-0.1, -0.05) is 23.2 Å². The molecule has 0 unspecified atom stereocenters. The topological polar surface area (TPSA) is 55.4 Å². The van der Waals surface area contributed by atoms with Crippen LogP contribution in [0.15, 0.2) is 18.2 Å². The molecule has 4 nitrogen and oxygen atoms in total. The number of anilines is 1. The molecule has 1 rings (SSSR count). The number of benzene rings is 1. The molecule has 15 heteroatoms. The summed E-state index contributed by atoms with van der Waals surface area (Å²) in [5, 5.41) is 10.2. The van der Waals surface area contributed by atoms with Gasteiger partial charge in [0.25, 0.3) is 0 Å². The van der Waals surface area contributed by atoms with Crippen LogP contribution >= 0.6 is 35.1 Å². The second-order valence-electron chi connectivity index (χ2n) is 3.96. The number of carbonyl (C=O) groups excluding carboxylic acids is 1. The summed E-state index contributed by atoms with van der Waals surface area (Å²) in [6.45, 7) is 0. The summed E-state index contributed by atoms with van der Waals surface area (Å²) < 4.78 is 86.1. The van der Waals surface area contributed by atoms with Crippen LogP contribution in [0.3, 0.4) is 0 Å². The third-order valence-corrected chi connectivity index (χ3v) is 3.53. The maximum Gasteiger partial charge on any atom is 1.00 e. The number of amides is 1. The van der Waals surface area contributed by atoms with Gasteiger partial charge in [-0.05, 0) is 18.2 Å². The van der Waals surface area contributed by atoms with E-state index < -0.39 is 55.4 Å². The second kappa shape index (κ2) is 8.72. The minimum Gasteiger partial charge on any atom is -0.759 e. The number of hydroxylamine groups is 1. The molecule has 0 aliphatic rings. The maximum absolute atomic E-state index is 13.1. The van der Waals surface area contributed by atoms with E-state index in [1.165, 1.54) is 0 Å². The zero-order chi connectivity index (χ0) is 18.9. The van der Waals surface area contributed by atoms with Crippen LogP contribution in [0.25, 0.3) is 0 Å². The van der Waals surface area contributed by atoms with Gasteiger partial charge in [-0.25, -0.2) is 4.31 Å². The summed E-state index contributed by atoms with van der Waals surface area (Å²) >= 11 is 8.76. The van der Waals surface area contributed by atoms with E-state index in [1.54, 1.807) is 0 Å². The van der Waals surface area contributed by atoms with Crippen molar-refractivity contribution in [3.05, 3.63) is 34.5 Å². The fraction of sp³-hybridized carbons (Fsp3) is 0.300. The maximum atomic E-state index is 13.1. The summed E-state index contributed by atoms with van der Waals surface area (Å²) in [4.78, 5) is 11.1. The molecule has 0 saturated heterocycles. The van der Waals surface area contributed by atoms with Crippen LogP contribution in [0.2, 0.25) is 0 Å². The molecular formula is C10H4Cl2F7N2NaO2S. The first kappa shape index (κ1) is 24.9. The van der Waals surface area contributed by atoms with Crippen molar-refractivity contribution in [1.29, 1.82) is 0 Å². The van der Waals surface area contributed by atoms with Crippen LogP contribution in [-0.2, 0) is 6.18 Å². The minimum absolute atomic E-state index is 0. The van der Waals surface area contributed by atoms with Gasteiger partial charge in [-0.3, -0.25) is 4.79 Å². The van der Waals surface area contributed by atoms with Gasteiger partial charge < -0.3 is 10.7 Å². The summed E-state index contributed by atoms with van der Waals surface area (Å²) in [5.74, 6) is -1.71. The largest absolute Gasteiger partial charge is 1.00 e. The van der Waals surface area contributed by atoms with Gasteiger partial charge in [-0.15, -0.1) is 13.2 Å². The molecule has 0 aromatic heterocycles. The van der Waals surface area contributed by atoms with E-state index in [-0.39, 0.29) is 35.6 Å². The van der Waals surface area contributed by atoms with Crippen molar-refractivity contribution in [3.8, 4) is 0 Å². The number of rotatable bonds is 4. The molecule has 0 fully saturated rings. The monoisotopic (exact) mass is 442 g/mol. The van der Waals surface area contributed by atoms with Crippen LogP contribution in [0.1, 0.15) is 15.9 Å². The van der Waals surface area contributed by atoms with Crippen molar-refractivity contribution in [2.24, 2.45) is 0 Å². The number of halogens is 9. The Labute approximate surface area is 172 Å². The van der Waals surface area contributed by atoms with E-state index in [4.69, 9.17) is 23.2 Å². The zero-order valence-electron chi connectivity index (χ0n) is 11.8. The Morgan fingerprint density at radius 1 is 1.12 bits per heavy atom. The van der Waals surface area contributed by atoms with Gasteiger partial charge in [0.05, 0.1) is 16.8 Å². The van der Waals surface area contributed by atoms with Crippen LogP contribution in [0.4, 0.5) is 36.4 Å². The van der Waals surface area contributed by atoms with Crippen molar-refractivity contribution in [2.75, 3.05) is 4.31 Å². The SMILES string of the molecule is O=C(N[O-])c1ccc(N(SC(F)(Cl)Cl)C(F)(F)F)cc1C(F)(F)F.[Na+]. The third kappa shape index (κ3) is 7.19. The molecule has 1 aromatic rings. The van der Waals surface area contributed by atoms with Crippen molar-refractivity contribution < 1.29 is 65.1 Å². The first-order chi connectivity index (χ1) is 10.7. The number of hydrogen-bond donors (Lipinski definition) is 1. The molecule has 0 saturated carbocycles. The van der Waals surface area contributed by atoms with Gasteiger partial charge in [0.1, 0.15) is 0 Å². The Morgan fingerprint density at radius 2 is 1.64 bits per heavy atom. The van der Waals surface area contributed by atoms with E-state index in [1.807, 2.05) is 0 Å². The van der Waals surface area contributed by atoms with Gasteiger partial charge in [-0.2, -0.15) is 17.6 Å². The summed E-state index contributed by atoms with van der Waals surface area (Å²) in [5.41, 5.74) is -3.59. The van der Waals surface area contributed by atoms with Gasteiger partial charge in [0, 0.05) is 11.9 Å². The number of nitrogens with one attached hydrogen (secondary N) is 1. The molecule has 1 N–H and O–H groups in total. The molecule has 136 valence electrons. The summed E-state index contributed by atoms with van der Waals surface area (Å²) in [6.07, 6.45) is -10.6. The van der Waals surface area contributed by atoms with E-state index in [9.17, 15) is 40.7 Å². The van der Waals surface area contributed by atoms with E-state index >= 15 is 0 Å². The van der Waals surface area contributed by atoms with Crippen molar-refractivity contribution in [2.45, 2.75) is 16.4 Å². The normalized spacial score (nSPS) is 12.4. The Kier molecular flexibility index (Phi) is 8.68. The molecule has 1 aromatic carbocycles. The smallest absolute Gasteiger partial charge is 0.759 e. The number of nitrogens with zero attached hydrogens (tertiary/aromatic N) is 1. The van der Waals surface area contributed by atoms with E-state index in [2.05, 4.69) is 0 Å². The standard InChI is InChI=1S/C10H4Cl2F7N2O2S.Na/c11-9(12,16)24-21(10(17,18)19)4-1-2-5(7(22)20-23)6(3-4)8(13,14)15;/h1-3H,(H-,20,22,23);/q-1;+1. The molecule has 0 aliphatic carbocycles. The van der Waals surface area contributed by atoms with E-state index in [0.29, 0.717) is 17.6 Å². The van der Waals surface area contributed by atoms with Crippen molar-refractivity contribution >= 4 is 46.7 Å². The van der Waals surface area contributed by atoms with Crippen LogP contribution in [0.5, 0.6) is 0 Å². The molecule has 1 amide bonds. The summed E-state index contributed by atoms with van der Waals surface area (Å²) in [6, 6.07) is 0.650. The first-order valence-electron chi connectivity index (χ1n) is 5.43. The number of hydrogen-bond acceptors (Lipinski definition) is 4. The number of carbonyl (C=O) groups is 1. The average molecular weight is 443 g/mol. The zero-order valence-corrected chi connectivity index (χ0v) is 16.1. The quantitative estimate of drug-likeness (QED) is 0.193. The molecule has 0 heterocycles. The molecule has 0 aliphatic heterocycles. The van der Waals surface area contributed by atoms with Crippen molar-refractivity contribution in [3.63, 3.8) is 0 Å². The molecule has 0 atom stereocenters. The molecular weight excluding hydrogens is 439 g/mol. The molecule has 0 bridgehead atoms. The fourth-order valence-electron chi connectivity index (χ4n) is 1.50. The minimum atomic E-state index is -5.36. The first-order valence-corrected chi connectivity index (χ1v) is 6.96. The Morgan fingerprint density at radius 3 is 2.00 bits per heavy atom. The van der Waals surface area contributed by atoms with Crippen molar-refractivity contribution in [1.82, 2.24) is 5.48 Å². The van der Waals surface area contributed by atoms with Crippen LogP contribution in [-0.4, -0.2) is 16.1 Å². The van der Waals surface area contributed by atoms with E-state index in [0.717, 1.165) is 0 Å². The predicted molar refractivity (Wildman–Crippen MR) is 73.9 cm³/mol. The molecule has 0 spiro atoms. The van der Waals surface area contributed by atoms with Crippen LogP contribution < -0.4 is 39.3 Å². The Bertz CT molecular complexity index is 625. The van der Waals surface area contributed by atoms with Gasteiger partial charge in [0.2, 0.25) is 5.91 Å². The Balaban J connectivity index is 0.00000576.